The van der Waals surface area contributed by atoms with Gasteiger partial charge < -0.3 is 0 Å². The molecule has 0 aliphatic rings. The van der Waals surface area contributed by atoms with Gasteiger partial charge in [-0.1, -0.05) is 0 Å². The molecule has 0 unspecified atom stereocenters. The lowest BCUT2D eigenvalue weighted by molar-refractivity contribution is 1.26. The number of nitrogens with zero attached hydrogens (tertiary/aromatic N) is 4. The predicted octanol–water partition coefficient (Wildman–Crippen LogP) is 3.88. The Morgan fingerprint density at radius 2 is 1.41 bits per heavy atom. The minimum Gasteiger partial charge on any atom is -0.255 e. The SMILES string of the molecule is Cc1cnc2cccnc2c1.Cc1cnc2ncccc2c1. The zero-order valence-corrected chi connectivity index (χ0v) is 12.6. The van der Waals surface area contributed by atoms with Gasteiger partial charge in [0.15, 0.2) is 5.65 Å². The molecule has 0 atom stereocenters. The van der Waals surface area contributed by atoms with Crippen molar-refractivity contribution in [3.8, 4) is 0 Å². The van der Waals surface area contributed by atoms with Crippen molar-refractivity contribution in [2.45, 2.75) is 13.8 Å². The monoisotopic (exact) mass is 288 g/mol. The molecular weight excluding hydrogens is 272 g/mol. The summed E-state index contributed by atoms with van der Waals surface area (Å²) in [4.78, 5) is 16.7. The molecule has 0 spiro atoms. The normalized spacial score (nSPS) is 10.3. The molecule has 0 fully saturated rings. The Morgan fingerprint density at radius 1 is 0.682 bits per heavy atom. The van der Waals surface area contributed by atoms with Crippen molar-refractivity contribution in [1.82, 2.24) is 19.9 Å². The van der Waals surface area contributed by atoms with Crippen molar-refractivity contribution in [1.29, 1.82) is 0 Å². The summed E-state index contributed by atoms with van der Waals surface area (Å²) in [6, 6.07) is 11.9. The van der Waals surface area contributed by atoms with Crippen LogP contribution in [0.3, 0.4) is 0 Å². The Labute approximate surface area is 128 Å². The molecule has 0 aromatic carbocycles. The van der Waals surface area contributed by atoms with Gasteiger partial charge in [-0.3, -0.25) is 9.97 Å². The van der Waals surface area contributed by atoms with Gasteiger partial charge in [-0.2, -0.15) is 0 Å². The fourth-order valence-corrected chi connectivity index (χ4v) is 2.13. The highest BCUT2D eigenvalue weighted by Gasteiger charge is 1.93. The molecule has 4 heterocycles. The van der Waals surface area contributed by atoms with Gasteiger partial charge in [-0.25, -0.2) is 9.97 Å². The van der Waals surface area contributed by atoms with Crippen LogP contribution in [0.2, 0.25) is 0 Å². The average molecular weight is 288 g/mol. The first-order chi connectivity index (χ1) is 10.7. The van der Waals surface area contributed by atoms with E-state index in [1.165, 1.54) is 5.56 Å². The molecule has 0 aliphatic heterocycles. The van der Waals surface area contributed by atoms with Crippen molar-refractivity contribution in [3.05, 3.63) is 72.3 Å². The van der Waals surface area contributed by atoms with Gasteiger partial charge in [0.05, 0.1) is 11.0 Å². The van der Waals surface area contributed by atoms with E-state index in [-0.39, 0.29) is 0 Å². The van der Waals surface area contributed by atoms with E-state index in [1.54, 1.807) is 12.4 Å². The number of pyridine rings is 4. The quantitative estimate of drug-likeness (QED) is 0.493. The lowest BCUT2D eigenvalue weighted by Gasteiger charge is -1.95. The zero-order chi connectivity index (χ0) is 15.4. The van der Waals surface area contributed by atoms with E-state index in [1.807, 2.05) is 56.6 Å². The Kier molecular flexibility index (Phi) is 4.01. The molecule has 4 nitrogen and oxygen atoms in total. The van der Waals surface area contributed by atoms with Crippen LogP contribution < -0.4 is 0 Å². The summed E-state index contributed by atoms with van der Waals surface area (Å²) in [6.07, 6.45) is 7.22. The van der Waals surface area contributed by atoms with Crippen LogP contribution in [-0.2, 0) is 0 Å². The number of fused-ring (bicyclic) bond motifs is 2. The molecule has 4 rings (SSSR count). The second kappa shape index (κ2) is 6.26. The van der Waals surface area contributed by atoms with Crippen LogP contribution in [0.25, 0.3) is 22.1 Å². The van der Waals surface area contributed by atoms with Gasteiger partial charge in [-0.05, 0) is 61.4 Å². The van der Waals surface area contributed by atoms with Gasteiger partial charge in [-0.15, -0.1) is 0 Å². The zero-order valence-electron chi connectivity index (χ0n) is 12.6. The Morgan fingerprint density at radius 3 is 2.32 bits per heavy atom. The first kappa shape index (κ1) is 14.1. The Hall–Kier alpha value is -2.88. The standard InChI is InChI=1S/2C9H8N2/c1-7-5-9-8(11-6-7)3-2-4-10-9;1-7-5-8-3-2-4-10-9(8)11-6-7/h2*2-6H,1H3. The highest BCUT2D eigenvalue weighted by Crippen LogP contribution is 2.09. The number of aryl methyl sites for hydroxylation is 2. The highest BCUT2D eigenvalue weighted by molar-refractivity contribution is 5.74. The van der Waals surface area contributed by atoms with E-state index in [0.29, 0.717) is 0 Å². The third kappa shape index (κ3) is 3.23. The maximum absolute atomic E-state index is 4.22. The molecule has 4 heteroatoms. The maximum atomic E-state index is 4.22. The van der Waals surface area contributed by atoms with E-state index in [9.17, 15) is 0 Å². The van der Waals surface area contributed by atoms with Crippen LogP contribution in [0.1, 0.15) is 11.1 Å². The van der Waals surface area contributed by atoms with E-state index < -0.39 is 0 Å². The van der Waals surface area contributed by atoms with E-state index in [4.69, 9.17) is 0 Å². The molecule has 0 saturated heterocycles. The van der Waals surface area contributed by atoms with Crippen LogP contribution in [0, 0.1) is 13.8 Å². The third-order valence-electron chi connectivity index (χ3n) is 3.18. The summed E-state index contributed by atoms with van der Waals surface area (Å²) in [7, 11) is 0. The summed E-state index contributed by atoms with van der Waals surface area (Å²) >= 11 is 0. The van der Waals surface area contributed by atoms with E-state index in [0.717, 1.165) is 27.6 Å². The van der Waals surface area contributed by atoms with Crippen LogP contribution in [0.15, 0.2) is 61.2 Å². The Bertz CT molecular complexity index is 841. The molecule has 4 aromatic rings. The largest absolute Gasteiger partial charge is 0.255 e. The van der Waals surface area contributed by atoms with Crippen LogP contribution in [-0.4, -0.2) is 19.9 Å². The summed E-state index contributed by atoms with van der Waals surface area (Å²) in [6.45, 7) is 4.04. The molecule has 0 amide bonds. The molecule has 0 bridgehead atoms. The third-order valence-corrected chi connectivity index (χ3v) is 3.18. The highest BCUT2D eigenvalue weighted by atomic mass is 14.8. The summed E-state index contributed by atoms with van der Waals surface area (Å²) in [5.41, 5.74) is 5.06. The van der Waals surface area contributed by atoms with Gasteiger partial charge in [0, 0.05) is 30.2 Å². The fraction of sp³-hybridized carbons (Fsp3) is 0.111. The van der Waals surface area contributed by atoms with Crippen LogP contribution in [0.5, 0.6) is 0 Å². The first-order valence-electron chi connectivity index (χ1n) is 7.07. The topological polar surface area (TPSA) is 51.6 Å². The number of rotatable bonds is 0. The van der Waals surface area contributed by atoms with E-state index in [2.05, 4.69) is 26.0 Å². The number of hydrogen-bond donors (Lipinski definition) is 0. The first-order valence-corrected chi connectivity index (χ1v) is 7.07. The van der Waals surface area contributed by atoms with Crippen molar-refractivity contribution in [3.63, 3.8) is 0 Å². The average Bonchev–Trinajstić information content (AvgIpc) is 2.55. The maximum Gasteiger partial charge on any atom is 0.159 e. The predicted molar refractivity (Wildman–Crippen MR) is 88.6 cm³/mol. The lowest BCUT2D eigenvalue weighted by Crippen LogP contribution is -1.82. The van der Waals surface area contributed by atoms with Gasteiger partial charge >= 0.3 is 0 Å². The minimum atomic E-state index is 0.818. The van der Waals surface area contributed by atoms with Crippen LogP contribution >= 0.6 is 0 Å². The van der Waals surface area contributed by atoms with Gasteiger partial charge in [0.2, 0.25) is 0 Å². The van der Waals surface area contributed by atoms with Crippen molar-refractivity contribution in [2.75, 3.05) is 0 Å². The lowest BCUT2D eigenvalue weighted by atomic mass is 10.2. The smallest absolute Gasteiger partial charge is 0.159 e. The van der Waals surface area contributed by atoms with Crippen molar-refractivity contribution < 1.29 is 0 Å². The van der Waals surface area contributed by atoms with Crippen LogP contribution in [0.4, 0.5) is 0 Å². The van der Waals surface area contributed by atoms with Crippen molar-refractivity contribution >= 4 is 22.1 Å². The molecule has 0 radical (unpaired) electrons. The molecule has 22 heavy (non-hydrogen) atoms. The minimum absolute atomic E-state index is 0.818. The second-order valence-electron chi connectivity index (χ2n) is 5.12. The summed E-state index contributed by atoms with van der Waals surface area (Å²) in [5, 5.41) is 1.10. The molecule has 4 aromatic heterocycles. The summed E-state index contributed by atoms with van der Waals surface area (Å²) in [5.74, 6) is 0. The second-order valence-corrected chi connectivity index (χ2v) is 5.12. The summed E-state index contributed by atoms with van der Waals surface area (Å²) < 4.78 is 0. The molecule has 0 saturated carbocycles. The van der Waals surface area contributed by atoms with E-state index >= 15 is 0 Å². The van der Waals surface area contributed by atoms with Crippen molar-refractivity contribution in [2.24, 2.45) is 0 Å². The number of aromatic nitrogens is 4. The molecular formula is C18H16N4. The van der Waals surface area contributed by atoms with Gasteiger partial charge in [0.1, 0.15) is 0 Å². The molecule has 0 aliphatic carbocycles. The molecule has 0 N–H and O–H groups in total. The molecule has 108 valence electrons. The van der Waals surface area contributed by atoms with Gasteiger partial charge in [0.25, 0.3) is 0 Å². The number of hydrogen-bond acceptors (Lipinski definition) is 4. The fourth-order valence-electron chi connectivity index (χ4n) is 2.13. The Balaban J connectivity index is 0.000000131.